The molecule has 0 spiro atoms. The fraction of sp³-hybridized carbons (Fsp3) is 0.333. The van der Waals surface area contributed by atoms with Gasteiger partial charge < -0.3 is 19.7 Å². The molecular formula is C24H28ClN5S. The number of halogens is 1. The smallest absolute Gasteiger partial charge is 0.170 e. The molecule has 3 heterocycles. The summed E-state index contributed by atoms with van der Waals surface area (Å²) in [5, 5.41) is 5.05. The van der Waals surface area contributed by atoms with Crippen LogP contribution in [0, 0.1) is 13.8 Å². The highest BCUT2D eigenvalue weighted by atomic mass is 35.5. The van der Waals surface area contributed by atoms with E-state index in [2.05, 4.69) is 70.8 Å². The highest BCUT2D eigenvalue weighted by Gasteiger charge is 2.41. The molecule has 162 valence electrons. The van der Waals surface area contributed by atoms with Gasteiger partial charge in [-0.3, -0.25) is 4.98 Å². The van der Waals surface area contributed by atoms with Gasteiger partial charge in [0, 0.05) is 30.7 Å². The second kappa shape index (κ2) is 8.99. The first kappa shape index (κ1) is 21.8. The zero-order valence-electron chi connectivity index (χ0n) is 18.3. The van der Waals surface area contributed by atoms with E-state index < -0.39 is 0 Å². The predicted molar refractivity (Wildman–Crippen MR) is 131 cm³/mol. The van der Waals surface area contributed by atoms with Gasteiger partial charge >= 0.3 is 0 Å². The Labute approximate surface area is 194 Å². The van der Waals surface area contributed by atoms with Gasteiger partial charge in [-0.2, -0.15) is 0 Å². The van der Waals surface area contributed by atoms with E-state index in [0.717, 1.165) is 46.0 Å². The van der Waals surface area contributed by atoms with E-state index in [1.165, 1.54) is 5.56 Å². The Bertz CT molecular complexity index is 1080. The third-order valence-corrected chi connectivity index (χ3v) is 6.54. The summed E-state index contributed by atoms with van der Waals surface area (Å²) in [6.45, 7) is 6.03. The van der Waals surface area contributed by atoms with Crippen molar-refractivity contribution >= 4 is 28.9 Å². The second-order valence-electron chi connectivity index (χ2n) is 8.24. The molecule has 0 bridgehead atoms. The van der Waals surface area contributed by atoms with Crippen molar-refractivity contribution in [3.8, 4) is 5.69 Å². The minimum atomic E-state index is -0.0175. The van der Waals surface area contributed by atoms with Gasteiger partial charge in [-0.1, -0.05) is 29.8 Å². The van der Waals surface area contributed by atoms with Gasteiger partial charge in [0.2, 0.25) is 0 Å². The fourth-order valence-corrected chi connectivity index (χ4v) is 4.94. The molecule has 2 atom stereocenters. The van der Waals surface area contributed by atoms with E-state index in [9.17, 15) is 0 Å². The number of benzene rings is 1. The molecule has 31 heavy (non-hydrogen) atoms. The number of aromatic nitrogens is 2. The zero-order chi connectivity index (χ0) is 22.1. The molecule has 1 aliphatic heterocycles. The summed E-state index contributed by atoms with van der Waals surface area (Å²) >= 11 is 12.3. The SMILES string of the molecule is Cc1cc(C2C(c3ccccn3)NC(=S)N2CCN(C)C)c(C)n1-c1ccccc1Cl. The quantitative estimate of drug-likeness (QED) is 0.548. The van der Waals surface area contributed by atoms with E-state index in [0.29, 0.717) is 0 Å². The monoisotopic (exact) mass is 453 g/mol. The molecule has 5 nitrogen and oxygen atoms in total. The van der Waals surface area contributed by atoms with Crippen LogP contribution in [0.5, 0.6) is 0 Å². The topological polar surface area (TPSA) is 36.3 Å². The highest BCUT2D eigenvalue weighted by Crippen LogP contribution is 2.41. The van der Waals surface area contributed by atoms with Gasteiger partial charge in [0.1, 0.15) is 0 Å². The van der Waals surface area contributed by atoms with Crippen molar-refractivity contribution in [2.45, 2.75) is 25.9 Å². The van der Waals surface area contributed by atoms with Crippen LogP contribution in [-0.2, 0) is 0 Å². The summed E-state index contributed by atoms with van der Waals surface area (Å²) in [5.41, 5.74) is 5.53. The fourth-order valence-electron chi connectivity index (χ4n) is 4.38. The number of para-hydroxylation sites is 1. The van der Waals surface area contributed by atoms with Crippen molar-refractivity contribution in [2.75, 3.05) is 27.2 Å². The molecule has 1 aromatic carbocycles. The largest absolute Gasteiger partial charge is 0.352 e. The molecule has 0 amide bonds. The second-order valence-corrected chi connectivity index (χ2v) is 9.03. The van der Waals surface area contributed by atoms with Crippen LogP contribution in [0.3, 0.4) is 0 Å². The summed E-state index contributed by atoms with van der Waals surface area (Å²) < 4.78 is 2.23. The van der Waals surface area contributed by atoms with Gasteiger partial charge in [-0.25, -0.2) is 0 Å². The van der Waals surface area contributed by atoms with Crippen molar-refractivity contribution in [3.63, 3.8) is 0 Å². The number of likely N-dealkylation sites (N-methyl/N-ethyl adjacent to an activating group) is 1. The molecule has 1 saturated heterocycles. The maximum atomic E-state index is 6.55. The molecule has 1 N–H and O–H groups in total. The number of rotatable bonds is 6. The third kappa shape index (κ3) is 4.20. The molecular weight excluding hydrogens is 426 g/mol. The van der Waals surface area contributed by atoms with Crippen LogP contribution in [0.25, 0.3) is 5.69 Å². The van der Waals surface area contributed by atoms with Crippen molar-refractivity contribution in [1.82, 2.24) is 24.7 Å². The number of pyridine rings is 1. The van der Waals surface area contributed by atoms with E-state index in [4.69, 9.17) is 23.8 Å². The van der Waals surface area contributed by atoms with Crippen molar-refractivity contribution < 1.29 is 0 Å². The van der Waals surface area contributed by atoms with E-state index in [1.807, 2.05) is 36.5 Å². The Morgan fingerprint density at radius 1 is 1.13 bits per heavy atom. The Balaban J connectivity index is 1.82. The molecule has 1 aliphatic rings. The highest BCUT2D eigenvalue weighted by molar-refractivity contribution is 7.80. The Morgan fingerprint density at radius 3 is 2.55 bits per heavy atom. The Hall–Kier alpha value is -2.41. The van der Waals surface area contributed by atoms with Crippen LogP contribution >= 0.6 is 23.8 Å². The van der Waals surface area contributed by atoms with Crippen LogP contribution in [0.4, 0.5) is 0 Å². The van der Waals surface area contributed by atoms with E-state index in [-0.39, 0.29) is 12.1 Å². The zero-order valence-corrected chi connectivity index (χ0v) is 19.9. The van der Waals surface area contributed by atoms with Crippen LogP contribution in [0.15, 0.2) is 54.7 Å². The molecule has 1 fully saturated rings. The lowest BCUT2D eigenvalue weighted by Gasteiger charge is -2.29. The Morgan fingerprint density at radius 2 is 1.87 bits per heavy atom. The number of aryl methyl sites for hydroxylation is 1. The van der Waals surface area contributed by atoms with Crippen LogP contribution in [-0.4, -0.2) is 51.6 Å². The average Bonchev–Trinajstić information content (AvgIpc) is 3.23. The number of hydrogen-bond donors (Lipinski definition) is 1. The van der Waals surface area contributed by atoms with Gasteiger partial charge in [-0.15, -0.1) is 0 Å². The molecule has 2 unspecified atom stereocenters. The van der Waals surface area contributed by atoms with Crippen LogP contribution < -0.4 is 5.32 Å². The number of thiocarbonyl (C=S) groups is 1. The molecule has 7 heteroatoms. The number of hydrogen-bond acceptors (Lipinski definition) is 3. The first-order valence-corrected chi connectivity index (χ1v) is 11.2. The Kier molecular flexibility index (Phi) is 6.32. The van der Waals surface area contributed by atoms with Gasteiger partial charge in [-0.05, 0) is 76.1 Å². The predicted octanol–water partition coefficient (Wildman–Crippen LogP) is 4.68. The first-order chi connectivity index (χ1) is 14.9. The molecule has 0 aliphatic carbocycles. The summed E-state index contributed by atoms with van der Waals surface area (Å²) in [6, 6.07) is 16.3. The van der Waals surface area contributed by atoms with Gasteiger partial charge in [0.15, 0.2) is 5.11 Å². The standard InChI is InChI=1S/C24H28ClN5S/c1-16-15-18(17(2)30(16)21-11-6-5-9-19(21)25)23-22(20-10-7-8-12-26-20)27-24(31)29(23)14-13-28(3)4/h5-12,15,22-23H,13-14H2,1-4H3,(H,27,31). The number of nitrogens with one attached hydrogen (secondary N) is 1. The minimum absolute atomic E-state index is 0.0175. The average molecular weight is 454 g/mol. The molecule has 0 saturated carbocycles. The summed E-state index contributed by atoms with van der Waals surface area (Å²) in [5.74, 6) is 0. The molecule has 2 aromatic heterocycles. The van der Waals surface area contributed by atoms with Crippen LogP contribution in [0.2, 0.25) is 5.02 Å². The summed E-state index contributed by atoms with van der Waals surface area (Å²) in [6.07, 6.45) is 1.84. The van der Waals surface area contributed by atoms with Crippen molar-refractivity contribution in [2.24, 2.45) is 0 Å². The normalized spacial score (nSPS) is 18.6. The van der Waals surface area contributed by atoms with E-state index in [1.54, 1.807) is 0 Å². The lowest BCUT2D eigenvalue weighted by Crippen LogP contribution is -2.35. The first-order valence-electron chi connectivity index (χ1n) is 10.4. The van der Waals surface area contributed by atoms with Crippen LogP contribution in [0.1, 0.15) is 34.7 Å². The van der Waals surface area contributed by atoms with Crippen molar-refractivity contribution in [1.29, 1.82) is 0 Å². The maximum absolute atomic E-state index is 6.55. The molecule has 3 aromatic rings. The maximum Gasteiger partial charge on any atom is 0.170 e. The van der Waals surface area contributed by atoms with Gasteiger partial charge in [0.25, 0.3) is 0 Å². The molecule has 0 radical (unpaired) electrons. The van der Waals surface area contributed by atoms with E-state index >= 15 is 0 Å². The minimum Gasteiger partial charge on any atom is -0.352 e. The summed E-state index contributed by atoms with van der Waals surface area (Å²) in [7, 11) is 4.17. The lowest BCUT2D eigenvalue weighted by atomic mass is 9.97. The van der Waals surface area contributed by atoms with Crippen molar-refractivity contribution in [3.05, 3.63) is 82.4 Å². The molecule has 4 rings (SSSR count). The lowest BCUT2D eigenvalue weighted by molar-refractivity contribution is 0.277. The van der Waals surface area contributed by atoms with Gasteiger partial charge in [0.05, 0.1) is 28.5 Å². The number of nitrogens with zero attached hydrogens (tertiary/aromatic N) is 4. The summed E-state index contributed by atoms with van der Waals surface area (Å²) in [4.78, 5) is 9.13. The third-order valence-electron chi connectivity index (χ3n) is 5.87.